The van der Waals surface area contributed by atoms with E-state index in [1.54, 1.807) is 0 Å². The van der Waals surface area contributed by atoms with Crippen molar-refractivity contribution >= 4 is 27.7 Å². The summed E-state index contributed by atoms with van der Waals surface area (Å²) in [4.78, 5) is 22.7. The third kappa shape index (κ3) is 3.35. The Morgan fingerprint density at radius 3 is 2.68 bits per heavy atom. The van der Waals surface area contributed by atoms with Crippen LogP contribution in [0.4, 0.5) is 0 Å². The van der Waals surface area contributed by atoms with Crippen molar-refractivity contribution in [2.45, 2.75) is 38.7 Å². The van der Waals surface area contributed by atoms with Gasteiger partial charge in [0.2, 0.25) is 5.91 Å². The topological polar surface area (TPSA) is 55.4 Å². The first kappa shape index (κ1) is 14.1. The van der Waals surface area contributed by atoms with E-state index in [0.717, 1.165) is 4.47 Å². The molecule has 1 atom stereocenters. The van der Waals surface area contributed by atoms with Gasteiger partial charge in [0.05, 0.1) is 0 Å². The van der Waals surface area contributed by atoms with Gasteiger partial charge in [-0.05, 0) is 23.6 Å². The SMILES string of the molecule is CC(C)c1ccc(OC2CCC(=O)NC2=O)cc1Br. The molecular formula is C14H16BrNO3. The normalized spacial score (nSPS) is 19.5. The molecule has 19 heavy (non-hydrogen) atoms. The molecule has 5 heteroatoms. The first-order valence-corrected chi connectivity index (χ1v) is 7.06. The van der Waals surface area contributed by atoms with Crippen molar-refractivity contribution in [2.24, 2.45) is 0 Å². The largest absolute Gasteiger partial charge is 0.481 e. The molecule has 1 aromatic rings. The molecule has 0 aliphatic carbocycles. The Bertz CT molecular complexity index is 513. The van der Waals surface area contributed by atoms with Crippen molar-refractivity contribution in [1.29, 1.82) is 0 Å². The second-order valence-electron chi connectivity index (χ2n) is 4.90. The lowest BCUT2D eigenvalue weighted by molar-refractivity contribution is -0.138. The number of nitrogens with one attached hydrogen (secondary N) is 1. The predicted molar refractivity (Wildman–Crippen MR) is 75.0 cm³/mol. The van der Waals surface area contributed by atoms with Gasteiger partial charge in [0.25, 0.3) is 5.91 Å². The molecule has 0 aromatic heterocycles. The van der Waals surface area contributed by atoms with Gasteiger partial charge in [-0.15, -0.1) is 0 Å². The third-order valence-corrected chi connectivity index (χ3v) is 3.75. The van der Waals surface area contributed by atoms with Gasteiger partial charge < -0.3 is 4.74 Å². The van der Waals surface area contributed by atoms with E-state index < -0.39 is 6.10 Å². The van der Waals surface area contributed by atoms with Crippen LogP contribution in [-0.4, -0.2) is 17.9 Å². The fourth-order valence-corrected chi connectivity index (χ4v) is 2.82. The maximum Gasteiger partial charge on any atom is 0.267 e. The summed E-state index contributed by atoms with van der Waals surface area (Å²) in [5.41, 5.74) is 1.19. The van der Waals surface area contributed by atoms with Crippen LogP contribution >= 0.6 is 15.9 Å². The Kier molecular flexibility index (Phi) is 4.24. The van der Waals surface area contributed by atoms with E-state index >= 15 is 0 Å². The zero-order valence-corrected chi connectivity index (χ0v) is 12.5. The van der Waals surface area contributed by atoms with Gasteiger partial charge in [0.15, 0.2) is 6.10 Å². The lowest BCUT2D eigenvalue weighted by Gasteiger charge is -2.22. The molecule has 1 saturated heterocycles. The van der Waals surface area contributed by atoms with E-state index in [-0.39, 0.29) is 11.8 Å². The number of piperidine rings is 1. The number of hydrogen-bond donors (Lipinski definition) is 1. The highest BCUT2D eigenvalue weighted by molar-refractivity contribution is 9.10. The molecular weight excluding hydrogens is 310 g/mol. The highest BCUT2D eigenvalue weighted by Gasteiger charge is 2.28. The molecule has 1 aromatic carbocycles. The summed E-state index contributed by atoms with van der Waals surface area (Å²) >= 11 is 3.50. The summed E-state index contributed by atoms with van der Waals surface area (Å²) in [6.45, 7) is 4.22. The molecule has 0 saturated carbocycles. The highest BCUT2D eigenvalue weighted by Crippen LogP contribution is 2.29. The quantitative estimate of drug-likeness (QED) is 0.869. The van der Waals surface area contributed by atoms with Crippen molar-refractivity contribution < 1.29 is 14.3 Å². The fourth-order valence-electron chi connectivity index (χ4n) is 2.00. The van der Waals surface area contributed by atoms with Gasteiger partial charge in [-0.2, -0.15) is 0 Å². The number of halogens is 1. The van der Waals surface area contributed by atoms with Crippen molar-refractivity contribution in [1.82, 2.24) is 5.32 Å². The molecule has 0 bridgehead atoms. The average molecular weight is 326 g/mol. The van der Waals surface area contributed by atoms with Crippen molar-refractivity contribution in [2.75, 3.05) is 0 Å². The Morgan fingerprint density at radius 1 is 1.37 bits per heavy atom. The van der Waals surface area contributed by atoms with Crippen LogP contribution in [0.2, 0.25) is 0 Å². The standard InChI is InChI=1S/C14H16BrNO3/c1-8(2)10-4-3-9(7-11(10)15)19-12-5-6-13(17)16-14(12)18/h3-4,7-8,12H,5-6H2,1-2H3,(H,16,17,18). The summed E-state index contributed by atoms with van der Waals surface area (Å²) in [7, 11) is 0. The Labute approximate surface area is 120 Å². The van der Waals surface area contributed by atoms with Crippen molar-refractivity contribution in [3.8, 4) is 5.75 Å². The number of benzene rings is 1. The number of carbonyl (C=O) groups excluding carboxylic acids is 2. The molecule has 0 radical (unpaired) electrons. The number of hydrogen-bond acceptors (Lipinski definition) is 3. The number of rotatable bonds is 3. The molecule has 0 spiro atoms. The summed E-state index contributed by atoms with van der Waals surface area (Å²) in [5, 5.41) is 2.28. The Hall–Kier alpha value is -1.36. The molecule has 2 amide bonds. The Morgan fingerprint density at radius 2 is 2.11 bits per heavy atom. The average Bonchev–Trinajstić information content (AvgIpc) is 2.32. The third-order valence-electron chi connectivity index (χ3n) is 3.06. The molecule has 1 unspecified atom stereocenters. The molecule has 1 N–H and O–H groups in total. The number of ether oxygens (including phenoxy) is 1. The first-order chi connectivity index (χ1) is 8.97. The maximum atomic E-state index is 11.6. The van der Waals surface area contributed by atoms with Crippen LogP contribution in [0.5, 0.6) is 5.75 Å². The van der Waals surface area contributed by atoms with Crippen molar-refractivity contribution in [3.05, 3.63) is 28.2 Å². The summed E-state index contributed by atoms with van der Waals surface area (Å²) in [6, 6.07) is 5.69. The van der Waals surface area contributed by atoms with E-state index in [1.807, 2.05) is 18.2 Å². The molecule has 1 aliphatic heterocycles. The lowest BCUT2D eigenvalue weighted by atomic mass is 10.0. The lowest BCUT2D eigenvalue weighted by Crippen LogP contribution is -2.46. The van der Waals surface area contributed by atoms with Crippen LogP contribution in [-0.2, 0) is 9.59 Å². The zero-order chi connectivity index (χ0) is 14.0. The van der Waals surface area contributed by atoms with Gasteiger partial charge in [-0.1, -0.05) is 35.8 Å². The second kappa shape index (κ2) is 5.74. The summed E-state index contributed by atoms with van der Waals surface area (Å²) < 4.78 is 6.60. The van der Waals surface area contributed by atoms with E-state index in [2.05, 4.69) is 35.1 Å². The Balaban J connectivity index is 2.09. The van der Waals surface area contributed by atoms with Crippen molar-refractivity contribution in [3.63, 3.8) is 0 Å². The fraction of sp³-hybridized carbons (Fsp3) is 0.429. The molecule has 2 rings (SSSR count). The highest BCUT2D eigenvalue weighted by atomic mass is 79.9. The number of amides is 2. The monoisotopic (exact) mass is 325 g/mol. The minimum Gasteiger partial charge on any atom is -0.481 e. The second-order valence-corrected chi connectivity index (χ2v) is 5.75. The van der Waals surface area contributed by atoms with Gasteiger partial charge in [0.1, 0.15) is 5.75 Å². The number of imide groups is 1. The smallest absolute Gasteiger partial charge is 0.267 e. The van der Waals surface area contributed by atoms with Crippen LogP contribution in [0, 0.1) is 0 Å². The minimum atomic E-state index is -0.588. The van der Waals surface area contributed by atoms with Crippen LogP contribution < -0.4 is 10.1 Å². The van der Waals surface area contributed by atoms with E-state index in [0.29, 0.717) is 24.5 Å². The van der Waals surface area contributed by atoms with Gasteiger partial charge in [0, 0.05) is 17.3 Å². The molecule has 1 heterocycles. The molecule has 4 nitrogen and oxygen atoms in total. The molecule has 1 aliphatic rings. The zero-order valence-electron chi connectivity index (χ0n) is 10.9. The minimum absolute atomic E-state index is 0.235. The molecule has 1 fully saturated rings. The van der Waals surface area contributed by atoms with Crippen LogP contribution in [0.1, 0.15) is 38.2 Å². The van der Waals surface area contributed by atoms with Gasteiger partial charge in [-0.3, -0.25) is 14.9 Å². The van der Waals surface area contributed by atoms with Crippen LogP contribution in [0.25, 0.3) is 0 Å². The number of carbonyl (C=O) groups is 2. The van der Waals surface area contributed by atoms with Crippen LogP contribution in [0.15, 0.2) is 22.7 Å². The summed E-state index contributed by atoms with van der Waals surface area (Å²) in [5.74, 6) is 0.450. The maximum absolute atomic E-state index is 11.6. The predicted octanol–water partition coefficient (Wildman–Crippen LogP) is 2.76. The van der Waals surface area contributed by atoms with Crippen LogP contribution in [0.3, 0.4) is 0 Å². The van der Waals surface area contributed by atoms with E-state index in [1.165, 1.54) is 5.56 Å². The van der Waals surface area contributed by atoms with Gasteiger partial charge >= 0.3 is 0 Å². The van der Waals surface area contributed by atoms with Gasteiger partial charge in [-0.25, -0.2) is 0 Å². The van der Waals surface area contributed by atoms with E-state index in [9.17, 15) is 9.59 Å². The van der Waals surface area contributed by atoms with E-state index in [4.69, 9.17) is 4.74 Å². The summed E-state index contributed by atoms with van der Waals surface area (Å²) in [6.07, 6.45) is 0.157. The molecule has 102 valence electrons. The first-order valence-electron chi connectivity index (χ1n) is 6.27.